The molecule has 3 rings (SSSR count). The molecule has 0 aliphatic heterocycles. The minimum Gasteiger partial charge on any atom is -0.455 e. The molecule has 2 aromatic rings. The topological polar surface area (TPSA) is 64.6 Å². The molecule has 0 spiro atoms. The standard InChI is InChI=1S/C21H21NO4/c23-20(15-25-21(24)16-9-3-1-4-10-16)22-18-13-7-8-14-19(18)26-17-11-5-2-6-12-17/h1-3,5-8,11-14,16H,4,9-10,15H2,(H,22,23)/t16-/m1/s1. The van der Waals surface area contributed by atoms with Crippen molar-refractivity contribution in [3.8, 4) is 11.5 Å². The number of hydrogen-bond acceptors (Lipinski definition) is 4. The van der Waals surface area contributed by atoms with Crippen LogP contribution in [-0.4, -0.2) is 18.5 Å². The second-order valence-electron chi connectivity index (χ2n) is 6.05. The fraction of sp³-hybridized carbons (Fsp3) is 0.238. The van der Waals surface area contributed by atoms with Crippen molar-refractivity contribution in [2.45, 2.75) is 19.3 Å². The van der Waals surface area contributed by atoms with E-state index in [1.54, 1.807) is 18.2 Å². The first-order chi connectivity index (χ1) is 12.7. The lowest BCUT2D eigenvalue weighted by atomic mass is 9.95. The fourth-order valence-electron chi connectivity index (χ4n) is 2.72. The molecule has 2 aromatic carbocycles. The molecule has 0 bridgehead atoms. The van der Waals surface area contributed by atoms with E-state index in [0.29, 0.717) is 23.6 Å². The number of para-hydroxylation sites is 3. The lowest BCUT2D eigenvalue weighted by Gasteiger charge is -2.16. The first-order valence-electron chi connectivity index (χ1n) is 8.66. The molecule has 1 N–H and O–H groups in total. The van der Waals surface area contributed by atoms with Gasteiger partial charge in [0.15, 0.2) is 12.4 Å². The molecule has 26 heavy (non-hydrogen) atoms. The minimum atomic E-state index is -0.395. The van der Waals surface area contributed by atoms with Crippen molar-refractivity contribution in [1.82, 2.24) is 0 Å². The van der Waals surface area contributed by atoms with E-state index >= 15 is 0 Å². The van der Waals surface area contributed by atoms with E-state index in [9.17, 15) is 9.59 Å². The van der Waals surface area contributed by atoms with Crippen molar-refractivity contribution in [3.05, 3.63) is 66.7 Å². The van der Waals surface area contributed by atoms with Crippen LogP contribution in [0, 0.1) is 5.92 Å². The van der Waals surface area contributed by atoms with Crippen LogP contribution in [0.15, 0.2) is 66.7 Å². The summed E-state index contributed by atoms with van der Waals surface area (Å²) in [6, 6.07) is 16.4. The quantitative estimate of drug-likeness (QED) is 0.622. The van der Waals surface area contributed by atoms with E-state index < -0.39 is 5.91 Å². The normalized spacial score (nSPS) is 15.9. The molecule has 0 saturated heterocycles. The van der Waals surface area contributed by atoms with Crippen molar-refractivity contribution in [3.63, 3.8) is 0 Å². The maximum atomic E-state index is 12.1. The summed E-state index contributed by atoms with van der Waals surface area (Å²) in [5.41, 5.74) is 0.526. The number of benzene rings is 2. The van der Waals surface area contributed by atoms with E-state index in [4.69, 9.17) is 9.47 Å². The third-order valence-electron chi connectivity index (χ3n) is 4.08. The van der Waals surface area contributed by atoms with Crippen LogP contribution < -0.4 is 10.1 Å². The minimum absolute atomic E-state index is 0.151. The molecule has 134 valence electrons. The SMILES string of the molecule is O=C(COC(=O)[C@@H]1CC=CCC1)Nc1ccccc1Oc1ccccc1. The molecule has 0 heterocycles. The van der Waals surface area contributed by atoms with Crippen LogP contribution in [0.5, 0.6) is 11.5 Å². The summed E-state index contributed by atoms with van der Waals surface area (Å²) in [5.74, 6) is 0.329. The number of ether oxygens (including phenoxy) is 2. The molecule has 1 aliphatic carbocycles. The Labute approximate surface area is 152 Å². The Morgan fingerprint density at radius 3 is 2.54 bits per heavy atom. The van der Waals surface area contributed by atoms with E-state index in [1.807, 2.05) is 42.5 Å². The van der Waals surface area contributed by atoms with Gasteiger partial charge in [-0.05, 0) is 43.5 Å². The van der Waals surface area contributed by atoms with Gasteiger partial charge in [-0.15, -0.1) is 0 Å². The summed E-state index contributed by atoms with van der Waals surface area (Å²) < 4.78 is 10.9. The summed E-state index contributed by atoms with van der Waals surface area (Å²) in [4.78, 5) is 24.1. The van der Waals surface area contributed by atoms with Gasteiger partial charge in [-0.25, -0.2) is 0 Å². The fourth-order valence-corrected chi connectivity index (χ4v) is 2.72. The Morgan fingerprint density at radius 2 is 1.77 bits per heavy atom. The molecule has 0 radical (unpaired) electrons. The number of allylic oxidation sites excluding steroid dienone is 2. The average Bonchev–Trinajstić information content (AvgIpc) is 2.69. The van der Waals surface area contributed by atoms with Gasteiger partial charge in [0.2, 0.25) is 0 Å². The highest BCUT2D eigenvalue weighted by atomic mass is 16.5. The van der Waals surface area contributed by atoms with Gasteiger partial charge in [0.25, 0.3) is 5.91 Å². The summed E-state index contributed by atoms with van der Waals surface area (Å²) >= 11 is 0. The smallest absolute Gasteiger partial charge is 0.309 e. The Balaban J connectivity index is 1.55. The van der Waals surface area contributed by atoms with Crippen LogP contribution in [0.4, 0.5) is 5.69 Å². The van der Waals surface area contributed by atoms with Gasteiger partial charge in [-0.1, -0.05) is 42.5 Å². The summed E-state index contributed by atoms with van der Waals surface area (Å²) in [5, 5.41) is 2.73. The number of carbonyl (C=O) groups is 2. The van der Waals surface area contributed by atoms with Crippen molar-refractivity contribution in [2.75, 3.05) is 11.9 Å². The largest absolute Gasteiger partial charge is 0.455 e. The summed E-state index contributed by atoms with van der Waals surface area (Å²) in [7, 11) is 0. The Bertz CT molecular complexity index is 786. The zero-order valence-electron chi connectivity index (χ0n) is 14.4. The third kappa shape index (κ3) is 4.96. The molecule has 1 amide bonds. The highest BCUT2D eigenvalue weighted by Crippen LogP contribution is 2.29. The Hall–Kier alpha value is -3.08. The van der Waals surface area contributed by atoms with Crippen LogP contribution in [0.2, 0.25) is 0 Å². The Morgan fingerprint density at radius 1 is 1.00 bits per heavy atom. The molecule has 0 unspecified atom stereocenters. The van der Waals surface area contributed by atoms with E-state index in [-0.39, 0.29) is 18.5 Å². The van der Waals surface area contributed by atoms with Gasteiger partial charge in [0.05, 0.1) is 11.6 Å². The number of hydrogen-bond donors (Lipinski definition) is 1. The van der Waals surface area contributed by atoms with Crippen LogP contribution >= 0.6 is 0 Å². The van der Waals surface area contributed by atoms with Crippen molar-refractivity contribution in [1.29, 1.82) is 0 Å². The average molecular weight is 351 g/mol. The van der Waals surface area contributed by atoms with Gasteiger partial charge in [0, 0.05) is 0 Å². The third-order valence-corrected chi connectivity index (χ3v) is 4.08. The molecule has 1 aliphatic rings. The molecule has 5 nitrogen and oxygen atoms in total. The number of carbonyl (C=O) groups excluding carboxylic acids is 2. The number of nitrogens with one attached hydrogen (secondary N) is 1. The van der Waals surface area contributed by atoms with Crippen LogP contribution in [-0.2, 0) is 14.3 Å². The lowest BCUT2D eigenvalue weighted by molar-refractivity contribution is -0.151. The second-order valence-corrected chi connectivity index (χ2v) is 6.05. The predicted octanol–water partition coefficient (Wildman–Crippen LogP) is 4.32. The van der Waals surface area contributed by atoms with Crippen molar-refractivity contribution < 1.29 is 19.1 Å². The molecule has 0 saturated carbocycles. The molecule has 0 aromatic heterocycles. The number of rotatable bonds is 6. The van der Waals surface area contributed by atoms with E-state index in [2.05, 4.69) is 11.4 Å². The van der Waals surface area contributed by atoms with Gasteiger partial charge in [0.1, 0.15) is 5.75 Å². The van der Waals surface area contributed by atoms with E-state index in [1.165, 1.54) is 0 Å². The maximum absolute atomic E-state index is 12.1. The Kier molecular flexibility index (Phi) is 6.04. The molecule has 1 atom stereocenters. The summed E-state index contributed by atoms with van der Waals surface area (Å²) in [6.45, 7) is -0.307. The van der Waals surface area contributed by atoms with Crippen LogP contribution in [0.3, 0.4) is 0 Å². The maximum Gasteiger partial charge on any atom is 0.309 e. The van der Waals surface area contributed by atoms with Gasteiger partial charge in [-0.3, -0.25) is 9.59 Å². The van der Waals surface area contributed by atoms with Gasteiger partial charge >= 0.3 is 5.97 Å². The van der Waals surface area contributed by atoms with Gasteiger partial charge < -0.3 is 14.8 Å². The zero-order chi connectivity index (χ0) is 18.2. The number of esters is 1. The lowest BCUT2D eigenvalue weighted by Crippen LogP contribution is -2.25. The first-order valence-corrected chi connectivity index (χ1v) is 8.66. The molecule has 0 fully saturated rings. The number of anilines is 1. The molecular formula is C21H21NO4. The van der Waals surface area contributed by atoms with Crippen molar-refractivity contribution >= 4 is 17.6 Å². The zero-order valence-corrected chi connectivity index (χ0v) is 14.4. The van der Waals surface area contributed by atoms with E-state index in [0.717, 1.165) is 12.8 Å². The monoisotopic (exact) mass is 351 g/mol. The predicted molar refractivity (Wildman–Crippen MR) is 99.0 cm³/mol. The highest BCUT2D eigenvalue weighted by Gasteiger charge is 2.21. The summed E-state index contributed by atoms with van der Waals surface area (Å²) in [6.07, 6.45) is 6.35. The first kappa shape index (κ1) is 17.7. The van der Waals surface area contributed by atoms with Crippen LogP contribution in [0.25, 0.3) is 0 Å². The number of amides is 1. The molecule has 5 heteroatoms. The highest BCUT2D eigenvalue weighted by molar-refractivity contribution is 5.94. The second kappa shape index (κ2) is 8.85. The molecular weight excluding hydrogens is 330 g/mol. The van der Waals surface area contributed by atoms with Crippen LogP contribution in [0.1, 0.15) is 19.3 Å². The van der Waals surface area contributed by atoms with Gasteiger partial charge in [-0.2, -0.15) is 0 Å². The van der Waals surface area contributed by atoms with Crippen molar-refractivity contribution in [2.24, 2.45) is 5.92 Å².